The third kappa shape index (κ3) is 2.33. The second-order valence-corrected chi connectivity index (χ2v) is 6.27. The summed E-state index contributed by atoms with van der Waals surface area (Å²) in [6, 6.07) is 0.341. The maximum Gasteiger partial charge on any atom is 0.149 e. The van der Waals surface area contributed by atoms with Gasteiger partial charge in [0, 0.05) is 17.6 Å². The number of aromatic nitrogens is 2. The Bertz CT molecular complexity index is 580. The third-order valence-corrected chi connectivity index (χ3v) is 5.04. The summed E-state index contributed by atoms with van der Waals surface area (Å²) in [6.07, 6.45) is 0. The fourth-order valence-electron chi connectivity index (χ4n) is 2.19. The summed E-state index contributed by atoms with van der Waals surface area (Å²) < 4.78 is 9.80. The minimum atomic E-state index is 0.341. The quantitative estimate of drug-likeness (QED) is 0.922. The molecule has 0 saturated carbocycles. The summed E-state index contributed by atoms with van der Waals surface area (Å²) >= 11 is 3.07. The molecule has 0 aliphatic carbocycles. The van der Waals surface area contributed by atoms with Crippen molar-refractivity contribution in [3.05, 3.63) is 11.1 Å². The number of hydrogen-bond acceptors (Lipinski definition) is 7. The van der Waals surface area contributed by atoms with Gasteiger partial charge in [-0.05, 0) is 25.4 Å². The number of aryl methyl sites for hydroxylation is 1. The highest BCUT2D eigenvalue weighted by Crippen LogP contribution is 2.41. The lowest BCUT2D eigenvalue weighted by molar-refractivity contribution is 0.0993. The van der Waals surface area contributed by atoms with E-state index in [2.05, 4.69) is 21.2 Å². The molecule has 0 amide bonds. The predicted octanol–water partition coefficient (Wildman–Crippen LogP) is 2.38. The van der Waals surface area contributed by atoms with Crippen molar-refractivity contribution in [1.82, 2.24) is 9.36 Å². The summed E-state index contributed by atoms with van der Waals surface area (Å²) in [5.74, 6) is 0.577. The van der Waals surface area contributed by atoms with E-state index in [-0.39, 0.29) is 0 Å². The van der Waals surface area contributed by atoms with Crippen LogP contribution >= 0.6 is 22.9 Å². The fraction of sp³-hybridized carbons (Fsp3) is 0.500. The van der Waals surface area contributed by atoms with Crippen molar-refractivity contribution < 1.29 is 4.74 Å². The van der Waals surface area contributed by atoms with Crippen LogP contribution in [0.2, 0.25) is 0 Å². The zero-order valence-corrected chi connectivity index (χ0v) is 12.6. The van der Waals surface area contributed by atoms with Gasteiger partial charge < -0.3 is 15.4 Å². The van der Waals surface area contributed by atoms with E-state index in [9.17, 15) is 0 Å². The van der Waals surface area contributed by atoms with Gasteiger partial charge in [-0.3, -0.25) is 0 Å². The topological polar surface area (TPSA) is 64.3 Å². The summed E-state index contributed by atoms with van der Waals surface area (Å²) in [4.78, 5) is 6.86. The number of rotatable bonds is 2. The molecule has 102 valence electrons. The van der Waals surface area contributed by atoms with Crippen molar-refractivity contribution in [3.8, 4) is 10.6 Å². The molecule has 0 spiro atoms. The minimum absolute atomic E-state index is 0.341. The first kappa shape index (κ1) is 12.8. The Balaban J connectivity index is 2.03. The van der Waals surface area contributed by atoms with E-state index >= 15 is 0 Å². The maximum atomic E-state index is 6.04. The normalized spacial score (nSPS) is 19.9. The standard InChI is InChI=1S/C12H16N4OS2/c1-7-6-18-11(14-7)9-10(13)15-19-12(9)16-3-4-17-5-8(16)2/h6,8H,3-5H2,1-2H3,(H2,13,15). The number of ether oxygens (including phenoxy) is 1. The fourth-order valence-corrected chi connectivity index (χ4v) is 4.05. The van der Waals surface area contributed by atoms with Crippen LogP contribution in [-0.4, -0.2) is 35.2 Å². The molecular weight excluding hydrogens is 280 g/mol. The van der Waals surface area contributed by atoms with Gasteiger partial charge in [-0.15, -0.1) is 11.3 Å². The van der Waals surface area contributed by atoms with Gasteiger partial charge in [0.1, 0.15) is 15.8 Å². The predicted molar refractivity (Wildman–Crippen MR) is 80.0 cm³/mol. The SMILES string of the molecule is Cc1csc(-c2c(N)nsc2N2CCOCC2C)n1. The maximum absolute atomic E-state index is 6.04. The highest BCUT2D eigenvalue weighted by Gasteiger charge is 2.26. The number of nitrogens with zero attached hydrogens (tertiary/aromatic N) is 3. The molecule has 1 atom stereocenters. The van der Waals surface area contributed by atoms with Gasteiger partial charge >= 0.3 is 0 Å². The lowest BCUT2D eigenvalue weighted by Gasteiger charge is -2.34. The molecule has 1 aliphatic rings. The van der Waals surface area contributed by atoms with Crippen molar-refractivity contribution in [2.24, 2.45) is 0 Å². The van der Waals surface area contributed by atoms with Crippen LogP contribution in [0.4, 0.5) is 10.8 Å². The first-order valence-corrected chi connectivity index (χ1v) is 7.84. The molecule has 3 heterocycles. The Morgan fingerprint density at radius 2 is 2.37 bits per heavy atom. The Labute approximate surface area is 120 Å². The molecule has 2 N–H and O–H groups in total. The highest BCUT2D eigenvalue weighted by molar-refractivity contribution is 7.15. The van der Waals surface area contributed by atoms with Crippen molar-refractivity contribution in [1.29, 1.82) is 0 Å². The summed E-state index contributed by atoms with van der Waals surface area (Å²) in [5.41, 5.74) is 8.05. The summed E-state index contributed by atoms with van der Waals surface area (Å²) in [7, 11) is 0. The second-order valence-electron chi connectivity index (χ2n) is 4.66. The van der Waals surface area contributed by atoms with E-state index in [1.165, 1.54) is 11.5 Å². The van der Waals surface area contributed by atoms with Gasteiger partial charge in [0.05, 0.1) is 24.8 Å². The third-order valence-electron chi connectivity index (χ3n) is 3.16. The smallest absolute Gasteiger partial charge is 0.149 e. The van der Waals surface area contributed by atoms with Gasteiger partial charge in [-0.1, -0.05) is 0 Å². The highest BCUT2D eigenvalue weighted by atomic mass is 32.1. The van der Waals surface area contributed by atoms with Gasteiger partial charge in [0.25, 0.3) is 0 Å². The molecule has 0 bridgehead atoms. The van der Waals surface area contributed by atoms with Crippen LogP contribution in [-0.2, 0) is 4.74 Å². The molecule has 1 aliphatic heterocycles. The van der Waals surface area contributed by atoms with Crippen molar-refractivity contribution in [3.63, 3.8) is 0 Å². The van der Waals surface area contributed by atoms with Gasteiger partial charge in [-0.25, -0.2) is 4.98 Å². The van der Waals surface area contributed by atoms with Gasteiger partial charge in [-0.2, -0.15) is 4.37 Å². The molecule has 2 aromatic rings. The lowest BCUT2D eigenvalue weighted by atomic mass is 10.2. The Hall–Kier alpha value is -1.18. The van der Waals surface area contributed by atoms with Crippen molar-refractivity contribution in [2.45, 2.75) is 19.9 Å². The van der Waals surface area contributed by atoms with E-state index in [1.807, 2.05) is 12.3 Å². The Kier molecular flexibility index (Phi) is 3.42. The van der Waals surface area contributed by atoms with Crippen LogP contribution in [0.5, 0.6) is 0 Å². The largest absolute Gasteiger partial charge is 0.382 e. The average molecular weight is 296 g/mol. The van der Waals surface area contributed by atoms with Gasteiger partial charge in [0.2, 0.25) is 0 Å². The van der Waals surface area contributed by atoms with Crippen molar-refractivity contribution in [2.75, 3.05) is 30.4 Å². The molecule has 0 radical (unpaired) electrons. The van der Waals surface area contributed by atoms with Crippen LogP contribution in [0, 0.1) is 6.92 Å². The van der Waals surface area contributed by atoms with E-state index in [0.717, 1.165) is 41.0 Å². The van der Waals surface area contributed by atoms with E-state index in [0.29, 0.717) is 11.9 Å². The van der Waals surface area contributed by atoms with E-state index in [4.69, 9.17) is 10.5 Å². The molecule has 1 saturated heterocycles. The molecule has 7 heteroatoms. The van der Waals surface area contributed by atoms with Crippen LogP contribution in [0.15, 0.2) is 5.38 Å². The number of morpholine rings is 1. The Morgan fingerprint density at radius 3 is 3.05 bits per heavy atom. The zero-order valence-electron chi connectivity index (χ0n) is 10.9. The second kappa shape index (κ2) is 5.07. The molecule has 5 nitrogen and oxygen atoms in total. The van der Waals surface area contributed by atoms with Gasteiger partial charge in [0.15, 0.2) is 0 Å². The molecular formula is C12H16N4OS2. The molecule has 3 rings (SSSR count). The van der Waals surface area contributed by atoms with Crippen LogP contribution in [0.25, 0.3) is 10.6 Å². The monoisotopic (exact) mass is 296 g/mol. The number of hydrogen-bond donors (Lipinski definition) is 1. The Morgan fingerprint density at radius 1 is 1.53 bits per heavy atom. The molecule has 19 heavy (non-hydrogen) atoms. The molecule has 2 aromatic heterocycles. The number of nitrogen functional groups attached to an aromatic ring is 1. The first-order valence-electron chi connectivity index (χ1n) is 6.19. The lowest BCUT2D eigenvalue weighted by Crippen LogP contribution is -2.43. The minimum Gasteiger partial charge on any atom is -0.382 e. The number of anilines is 2. The summed E-state index contributed by atoms with van der Waals surface area (Å²) in [6.45, 7) is 6.52. The van der Waals surface area contributed by atoms with Crippen molar-refractivity contribution >= 4 is 33.7 Å². The van der Waals surface area contributed by atoms with Crippen LogP contribution < -0.4 is 10.6 Å². The van der Waals surface area contributed by atoms with E-state index in [1.54, 1.807) is 11.3 Å². The molecule has 1 fully saturated rings. The number of thiazole rings is 1. The average Bonchev–Trinajstić information content (AvgIpc) is 2.96. The van der Waals surface area contributed by atoms with E-state index < -0.39 is 0 Å². The van der Waals surface area contributed by atoms with Crippen LogP contribution in [0.3, 0.4) is 0 Å². The first-order chi connectivity index (χ1) is 9.16. The number of nitrogens with two attached hydrogens (primary N) is 1. The molecule has 1 unspecified atom stereocenters. The zero-order chi connectivity index (χ0) is 13.4. The van der Waals surface area contributed by atoms with Crippen LogP contribution in [0.1, 0.15) is 12.6 Å². The summed E-state index contributed by atoms with van der Waals surface area (Å²) in [5, 5.41) is 4.11. The molecule has 0 aromatic carbocycles.